The Kier molecular flexibility index (Phi) is 5.69. The van der Waals surface area contributed by atoms with Crippen LogP contribution in [0.3, 0.4) is 0 Å². The molecule has 1 aliphatic carbocycles. The maximum atomic E-state index is 11.5. The fourth-order valence-corrected chi connectivity index (χ4v) is 2.25. The second kappa shape index (κ2) is 6.83. The van der Waals surface area contributed by atoms with E-state index in [2.05, 4.69) is 5.32 Å². The predicted octanol–water partition coefficient (Wildman–Crippen LogP) is 1.67. The highest BCUT2D eigenvalue weighted by Crippen LogP contribution is 2.26. The van der Waals surface area contributed by atoms with Gasteiger partial charge < -0.3 is 11.1 Å². The maximum absolute atomic E-state index is 11.5. The lowest BCUT2D eigenvalue weighted by atomic mass is 10.0. The molecule has 1 unspecified atom stereocenters. The fourth-order valence-electron chi connectivity index (χ4n) is 2.25. The second-order valence-electron chi connectivity index (χ2n) is 4.71. The molecule has 1 amide bonds. The summed E-state index contributed by atoms with van der Waals surface area (Å²) < 4.78 is 0. The number of rotatable bonds is 6. The van der Waals surface area contributed by atoms with Crippen molar-refractivity contribution in [3.63, 3.8) is 0 Å². The van der Waals surface area contributed by atoms with Crippen LogP contribution >= 0.6 is 0 Å². The molecule has 15 heavy (non-hydrogen) atoms. The molecule has 0 saturated heterocycles. The second-order valence-corrected chi connectivity index (χ2v) is 4.71. The number of nitrogens with two attached hydrogens (primary N) is 1. The van der Waals surface area contributed by atoms with Crippen LogP contribution in [0.1, 0.15) is 45.4 Å². The quantitative estimate of drug-likeness (QED) is 0.703. The smallest absolute Gasteiger partial charge is 0.222 e. The minimum Gasteiger partial charge on any atom is -0.356 e. The third kappa shape index (κ3) is 4.65. The number of nitrogens with one attached hydrogen (secondary N) is 1. The van der Waals surface area contributed by atoms with Crippen LogP contribution in [0.25, 0.3) is 0 Å². The van der Waals surface area contributed by atoms with E-state index >= 15 is 0 Å². The van der Waals surface area contributed by atoms with Gasteiger partial charge in [0, 0.05) is 12.5 Å². The van der Waals surface area contributed by atoms with Crippen molar-refractivity contribution in [2.75, 3.05) is 13.1 Å². The number of amides is 1. The SMILES string of the molecule is CC(CCN)C(=O)NCCC1CCCC1. The van der Waals surface area contributed by atoms with Gasteiger partial charge in [-0.15, -0.1) is 0 Å². The number of carbonyl (C=O) groups is 1. The topological polar surface area (TPSA) is 55.1 Å². The van der Waals surface area contributed by atoms with Crippen molar-refractivity contribution in [2.24, 2.45) is 17.6 Å². The van der Waals surface area contributed by atoms with Crippen LogP contribution in [-0.4, -0.2) is 19.0 Å². The molecule has 3 heteroatoms. The lowest BCUT2D eigenvalue weighted by molar-refractivity contribution is -0.124. The Morgan fingerprint density at radius 1 is 1.47 bits per heavy atom. The predicted molar refractivity (Wildman–Crippen MR) is 62.4 cm³/mol. The maximum Gasteiger partial charge on any atom is 0.222 e. The third-order valence-electron chi connectivity index (χ3n) is 3.37. The molecule has 88 valence electrons. The summed E-state index contributed by atoms with van der Waals surface area (Å²) >= 11 is 0. The van der Waals surface area contributed by atoms with Crippen LogP contribution in [0.4, 0.5) is 0 Å². The van der Waals surface area contributed by atoms with Gasteiger partial charge in [0.15, 0.2) is 0 Å². The van der Waals surface area contributed by atoms with Crippen molar-refractivity contribution < 1.29 is 4.79 Å². The molecule has 0 bridgehead atoms. The van der Waals surface area contributed by atoms with E-state index in [4.69, 9.17) is 5.73 Å². The molecule has 3 N–H and O–H groups in total. The number of hydrogen-bond acceptors (Lipinski definition) is 2. The highest BCUT2D eigenvalue weighted by molar-refractivity contribution is 5.78. The molecule has 0 aromatic heterocycles. The molecule has 3 nitrogen and oxygen atoms in total. The third-order valence-corrected chi connectivity index (χ3v) is 3.37. The zero-order valence-corrected chi connectivity index (χ0v) is 9.80. The van der Waals surface area contributed by atoms with E-state index in [0.717, 1.165) is 25.3 Å². The van der Waals surface area contributed by atoms with Crippen LogP contribution in [-0.2, 0) is 4.79 Å². The first-order valence-corrected chi connectivity index (χ1v) is 6.21. The fraction of sp³-hybridized carbons (Fsp3) is 0.917. The first-order chi connectivity index (χ1) is 7.24. The lowest BCUT2D eigenvalue weighted by Crippen LogP contribution is -2.31. The highest BCUT2D eigenvalue weighted by Gasteiger charge is 2.16. The summed E-state index contributed by atoms with van der Waals surface area (Å²) in [7, 11) is 0. The van der Waals surface area contributed by atoms with E-state index in [9.17, 15) is 4.79 Å². The standard InChI is InChI=1S/C12H24N2O/c1-10(6-8-13)12(15)14-9-7-11-4-2-3-5-11/h10-11H,2-9,13H2,1H3,(H,14,15). The molecular formula is C12H24N2O. The molecule has 1 aliphatic rings. The Morgan fingerprint density at radius 2 is 2.13 bits per heavy atom. The molecule has 1 saturated carbocycles. The normalized spacial score (nSPS) is 19.1. The van der Waals surface area contributed by atoms with Gasteiger partial charge in [-0.2, -0.15) is 0 Å². The van der Waals surface area contributed by atoms with E-state index in [1.54, 1.807) is 0 Å². The van der Waals surface area contributed by atoms with Gasteiger partial charge in [-0.25, -0.2) is 0 Å². The Balaban J connectivity index is 2.05. The Morgan fingerprint density at radius 3 is 2.73 bits per heavy atom. The van der Waals surface area contributed by atoms with Crippen molar-refractivity contribution in [1.82, 2.24) is 5.32 Å². The zero-order valence-electron chi connectivity index (χ0n) is 9.80. The molecule has 0 heterocycles. The van der Waals surface area contributed by atoms with E-state index < -0.39 is 0 Å². The molecule has 1 fully saturated rings. The summed E-state index contributed by atoms with van der Waals surface area (Å²) in [6.45, 7) is 3.38. The van der Waals surface area contributed by atoms with Gasteiger partial charge in [-0.3, -0.25) is 4.79 Å². The Hall–Kier alpha value is -0.570. The van der Waals surface area contributed by atoms with E-state index in [0.29, 0.717) is 6.54 Å². The van der Waals surface area contributed by atoms with Gasteiger partial charge in [0.2, 0.25) is 5.91 Å². The van der Waals surface area contributed by atoms with Gasteiger partial charge in [0.1, 0.15) is 0 Å². The van der Waals surface area contributed by atoms with Gasteiger partial charge in [0.05, 0.1) is 0 Å². The van der Waals surface area contributed by atoms with Crippen molar-refractivity contribution in [1.29, 1.82) is 0 Å². The monoisotopic (exact) mass is 212 g/mol. The van der Waals surface area contributed by atoms with Crippen LogP contribution in [0.15, 0.2) is 0 Å². The van der Waals surface area contributed by atoms with Crippen LogP contribution < -0.4 is 11.1 Å². The number of carbonyl (C=O) groups excluding carboxylic acids is 1. The average Bonchev–Trinajstić information content (AvgIpc) is 2.71. The van der Waals surface area contributed by atoms with Gasteiger partial charge >= 0.3 is 0 Å². The van der Waals surface area contributed by atoms with Crippen LogP contribution in [0.5, 0.6) is 0 Å². The molecule has 1 rings (SSSR count). The molecule has 0 aromatic carbocycles. The molecule has 0 radical (unpaired) electrons. The van der Waals surface area contributed by atoms with E-state index in [-0.39, 0.29) is 11.8 Å². The molecular weight excluding hydrogens is 188 g/mol. The minimum absolute atomic E-state index is 0.0681. The van der Waals surface area contributed by atoms with Gasteiger partial charge in [0.25, 0.3) is 0 Å². The van der Waals surface area contributed by atoms with Crippen LogP contribution in [0.2, 0.25) is 0 Å². The minimum atomic E-state index is 0.0681. The average molecular weight is 212 g/mol. The van der Waals surface area contributed by atoms with Crippen LogP contribution in [0, 0.1) is 11.8 Å². The summed E-state index contributed by atoms with van der Waals surface area (Å²) in [5.74, 6) is 1.09. The summed E-state index contributed by atoms with van der Waals surface area (Å²) in [5, 5.41) is 3.00. The first kappa shape index (κ1) is 12.5. The zero-order chi connectivity index (χ0) is 11.1. The van der Waals surface area contributed by atoms with Gasteiger partial charge in [-0.05, 0) is 25.3 Å². The number of hydrogen-bond donors (Lipinski definition) is 2. The molecule has 0 aliphatic heterocycles. The van der Waals surface area contributed by atoms with Crippen molar-refractivity contribution >= 4 is 5.91 Å². The molecule has 0 aromatic rings. The van der Waals surface area contributed by atoms with Crippen molar-refractivity contribution in [3.05, 3.63) is 0 Å². The summed E-state index contributed by atoms with van der Waals surface area (Å²) in [6, 6.07) is 0. The largest absolute Gasteiger partial charge is 0.356 e. The van der Waals surface area contributed by atoms with E-state index in [1.165, 1.54) is 25.7 Å². The summed E-state index contributed by atoms with van der Waals surface area (Å²) in [4.78, 5) is 11.5. The first-order valence-electron chi connectivity index (χ1n) is 6.21. The Labute approximate surface area is 92.8 Å². The van der Waals surface area contributed by atoms with Crippen molar-refractivity contribution in [3.8, 4) is 0 Å². The van der Waals surface area contributed by atoms with E-state index in [1.807, 2.05) is 6.92 Å². The van der Waals surface area contributed by atoms with Gasteiger partial charge in [-0.1, -0.05) is 32.6 Å². The Bertz CT molecular complexity index is 188. The summed E-state index contributed by atoms with van der Waals surface area (Å²) in [5.41, 5.74) is 5.42. The molecule has 1 atom stereocenters. The van der Waals surface area contributed by atoms with Crippen molar-refractivity contribution in [2.45, 2.75) is 45.4 Å². The lowest BCUT2D eigenvalue weighted by Gasteiger charge is -2.13. The summed E-state index contributed by atoms with van der Waals surface area (Å²) in [6.07, 6.45) is 7.41. The highest BCUT2D eigenvalue weighted by atomic mass is 16.1. The molecule has 0 spiro atoms.